The van der Waals surface area contributed by atoms with Crippen molar-refractivity contribution in [3.05, 3.63) is 64.8 Å². The van der Waals surface area contributed by atoms with Gasteiger partial charge in [0.25, 0.3) is 5.82 Å². The Bertz CT molecular complexity index is 746. The number of rotatable bonds is 6. The number of anilines is 1. The molecule has 8 nitrogen and oxygen atoms in total. The molecule has 0 atom stereocenters. The molecule has 26 heavy (non-hydrogen) atoms. The topological polar surface area (TPSA) is 88.4 Å². The van der Waals surface area contributed by atoms with Crippen LogP contribution in [0.5, 0.6) is 0 Å². The van der Waals surface area contributed by atoms with Crippen LogP contribution >= 0.6 is 0 Å². The molecule has 1 aliphatic rings. The number of pyridine rings is 1. The van der Waals surface area contributed by atoms with E-state index in [1.807, 2.05) is 30.3 Å². The number of para-hydroxylation sites is 1. The van der Waals surface area contributed by atoms with Gasteiger partial charge in [-0.05, 0) is 18.2 Å². The molecule has 1 aliphatic heterocycles. The molecule has 0 radical (unpaired) electrons. The minimum absolute atomic E-state index is 0.0541. The Morgan fingerprint density at radius 2 is 1.85 bits per heavy atom. The summed E-state index contributed by atoms with van der Waals surface area (Å²) in [7, 11) is 0. The first-order valence-corrected chi connectivity index (χ1v) is 8.61. The van der Waals surface area contributed by atoms with E-state index in [4.69, 9.17) is 0 Å². The Morgan fingerprint density at radius 1 is 1.15 bits per heavy atom. The van der Waals surface area contributed by atoms with Gasteiger partial charge in [-0.15, -0.1) is 0 Å². The lowest BCUT2D eigenvalue weighted by atomic mass is 10.2. The van der Waals surface area contributed by atoms with Crippen molar-refractivity contribution >= 4 is 17.4 Å². The van der Waals surface area contributed by atoms with Crippen LogP contribution in [0.2, 0.25) is 0 Å². The van der Waals surface area contributed by atoms with Gasteiger partial charge >= 0.3 is 0 Å². The Kier molecular flexibility index (Phi) is 5.55. The molecular weight excluding hydrogens is 334 g/mol. The molecule has 3 rings (SSSR count). The molecule has 0 spiro atoms. The van der Waals surface area contributed by atoms with E-state index < -0.39 is 0 Å². The van der Waals surface area contributed by atoms with Gasteiger partial charge in [0.2, 0.25) is 10.9 Å². The maximum Gasteiger partial charge on any atom is 0.289 e. The molecule has 1 aromatic heterocycles. The van der Waals surface area contributed by atoms with Crippen molar-refractivity contribution in [2.45, 2.75) is 6.42 Å². The fraction of sp³-hybridized carbons (Fsp3) is 0.333. The first-order valence-electron chi connectivity index (χ1n) is 8.61. The molecule has 1 aromatic carbocycles. The van der Waals surface area contributed by atoms with Gasteiger partial charge < -0.3 is 5.32 Å². The molecule has 0 unspecified atom stereocenters. The largest absolute Gasteiger partial charge is 0.326 e. The average molecular weight is 356 g/mol. The summed E-state index contributed by atoms with van der Waals surface area (Å²) in [5.74, 6) is 0.403. The SMILES string of the molecule is O=C(CCN1CC[N+](c2ccccn2)([N+](=O)[O-])CC1)Nc1ccccc1. The van der Waals surface area contributed by atoms with E-state index in [0.29, 0.717) is 45.0 Å². The van der Waals surface area contributed by atoms with Crippen LogP contribution in [0.1, 0.15) is 6.42 Å². The van der Waals surface area contributed by atoms with Crippen molar-refractivity contribution < 1.29 is 9.83 Å². The maximum atomic E-state index is 12.1. The van der Waals surface area contributed by atoms with Gasteiger partial charge in [-0.1, -0.05) is 24.3 Å². The van der Waals surface area contributed by atoms with Crippen LogP contribution in [0.15, 0.2) is 54.7 Å². The predicted octanol–water partition coefficient (Wildman–Crippen LogP) is 1.92. The highest BCUT2D eigenvalue weighted by Crippen LogP contribution is 2.23. The third-order valence-electron chi connectivity index (χ3n) is 4.67. The number of benzene rings is 1. The molecule has 1 N–H and O–H groups in total. The fourth-order valence-corrected chi connectivity index (χ4v) is 3.14. The fourth-order valence-electron chi connectivity index (χ4n) is 3.14. The van der Waals surface area contributed by atoms with E-state index >= 15 is 0 Å². The molecule has 1 fully saturated rings. The van der Waals surface area contributed by atoms with E-state index in [0.717, 1.165) is 5.69 Å². The molecular formula is C18H22N5O3+. The van der Waals surface area contributed by atoms with Crippen molar-refractivity contribution in [1.29, 1.82) is 0 Å². The summed E-state index contributed by atoms with van der Waals surface area (Å²) in [6.45, 7) is 2.36. The third kappa shape index (κ3) is 4.04. The number of quaternary nitrogens is 1. The van der Waals surface area contributed by atoms with Gasteiger partial charge in [0.05, 0.1) is 13.1 Å². The number of nitro groups is 1. The molecule has 2 aromatic rings. The van der Waals surface area contributed by atoms with Gasteiger partial charge in [0.15, 0.2) is 13.1 Å². The predicted molar refractivity (Wildman–Crippen MR) is 98.9 cm³/mol. The van der Waals surface area contributed by atoms with E-state index in [1.54, 1.807) is 24.4 Å². The molecule has 136 valence electrons. The van der Waals surface area contributed by atoms with Crippen LogP contribution < -0.4 is 9.91 Å². The Hall–Kier alpha value is -2.84. The Balaban J connectivity index is 1.53. The molecule has 1 saturated heterocycles. The van der Waals surface area contributed by atoms with Crippen LogP contribution in [-0.2, 0) is 4.79 Å². The van der Waals surface area contributed by atoms with Gasteiger partial charge in [-0.3, -0.25) is 9.69 Å². The quantitative estimate of drug-likeness (QED) is 0.485. The van der Waals surface area contributed by atoms with E-state index in [2.05, 4.69) is 15.2 Å². The van der Waals surface area contributed by atoms with Crippen molar-refractivity contribution in [3.63, 3.8) is 0 Å². The molecule has 0 saturated carbocycles. The Labute approximate surface area is 151 Å². The number of carbonyl (C=O) groups excluding carboxylic acids is 1. The number of carbonyl (C=O) groups is 1. The third-order valence-corrected chi connectivity index (χ3v) is 4.67. The minimum Gasteiger partial charge on any atom is -0.326 e. The Morgan fingerprint density at radius 3 is 2.46 bits per heavy atom. The molecule has 1 amide bonds. The highest BCUT2D eigenvalue weighted by atomic mass is 16.7. The summed E-state index contributed by atoms with van der Waals surface area (Å²) < 4.78 is -0.354. The van der Waals surface area contributed by atoms with Crippen molar-refractivity contribution in [1.82, 2.24) is 14.5 Å². The van der Waals surface area contributed by atoms with Crippen molar-refractivity contribution in [2.24, 2.45) is 0 Å². The molecule has 8 heteroatoms. The number of nitrogens with one attached hydrogen (secondary N) is 1. The summed E-state index contributed by atoms with van der Waals surface area (Å²) in [6, 6.07) is 14.5. The summed E-state index contributed by atoms with van der Waals surface area (Å²) in [4.78, 5) is 30.0. The summed E-state index contributed by atoms with van der Waals surface area (Å²) in [6.07, 6.45) is 1.94. The van der Waals surface area contributed by atoms with Gasteiger partial charge in [-0.25, -0.2) is 15.1 Å². The number of nitrogens with zero attached hydrogens (tertiary/aromatic N) is 4. The maximum absolute atomic E-state index is 12.1. The van der Waals surface area contributed by atoms with Crippen LogP contribution in [0.25, 0.3) is 0 Å². The number of hydrogen-bond donors (Lipinski definition) is 1. The van der Waals surface area contributed by atoms with Gasteiger partial charge in [0, 0.05) is 35.5 Å². The molecule has 0 aliphatic carbocycles. The van der Waals surface area contributed by atoms with Gasteiger partial charge in [0.1, 0.15) is 0 Å². The van der Waals surface area contributed by atoms with Crippen LogP contribution in [0, 0.1) is 10.1 Å². The van der Waals surface area contributed by atoms with Crippen molar-refractivity contribution in [3.8, 4) is 0 Å². The zero-order chi connectivity index (χ0) is 18.4. The first-order chi connectivity index (χ1) is 12.6. The molecule has 0 bridgehead atoms. The summed E-state index contributed by atoms with van der Waals surface area (Å²) in [5, 5.41) is 14.3. The monoisotopic (exact) mass is 356 g/mol. The van der Waals surface area contributed by atoms with Crippen molar-refractivity contribution in [2.75, 3.05) is 38.0 Å². The minimum atomic E-state index is -0.354. The van der Waals surface area contributed by atoms with E-state index in [1.165, 1.54) is 0 Å². The lowest BCUT2D eigenvalue weighted by Gasteiger charge is -2.34. The summed E-state index contributed by atoms with van der Waals surface area (Å²) in [5.41, 5.74) is 0.773. The second kappa shape index (κ2) is 8.03. The van der Waals surface area contributed by atoms with E-state index in [-0.39, 0.29) is 15.5 Å². The number of amides is 1. The van der Waals surface area contributed by atoms with Gasteiger partial charge in [-0.2, -0.15) is 0 Å². The van der Waals surface area contributed by atoms with Crippen LogP contribution in [0.3, 0.4) is 0 Å². The average Bonchev–Trinajstić information content (AvgIpc) is 2.68. The normalized spacial score (nSPS) is 16.8. The lowest BCUT2D eigenvalue weighted by molar-refractivity contribution is -0.645. The van der Waals surface area contributed by atoms with Crippen LogP contribution in [-0.4, -0.2) is 53.5 Å². The highest BCUT2D eigenvalue weighted by molar-refractivity contribution is 5.90. The number of aromatic nitrogens is 1. The zero-order valence-electron chi connectivity index (χ0n) is 14.5. The summed E-state index contributed by atoms with van der Waals surface area (Å²) >= 11 is 0. The second-order valence-electron chi connectivity index (χ2n) is 6.30. The second-order valence-corrected chi connectivity index (χ2v) is 6.30. The first kappa shape index (κ1) is 18.0. The highest BCUT2D eigenvalue weighted by Gasteiger charge is 2.47. The zero-order valence-corrected chi connectivity index (χ0v) is 14.5. The number of piperazine rings is 1. The number of hydrogen-bond acceptors (Lipinski definition) is 5. The van der Waals surface area contributed by atoms with Crippen LogP contribution in [0.4, 0.5) is 11.5 Å². The molecule has 2 heterocycles. The van der Waals surface area contributed by atoms with E-state index in [9.17, 15) is 14.9 Å². The lowest BCUT2D eigenvalue weighted by Crippen LogP contribution is -2.64. The standard InChI is InChI=1S/C18H21N5O3/c24-18(20-16-6-2-1-3-7-16)9-11-21-12-14-23(15-13-21,22(25)26)17-8-4-5-10-19-17/h1-8,10H,9,11-15H2/p+1. The smallest absolute Gasteiger partial charge is 0.289 e.